The van der Waals surface area contributed by atoms with Gasteiger partial charge in [-0.2, -0.15) is 0 Å². The Balaban J connectivity index is 1.59. The average Bonchev–Trinajstić information content (AvgIpc) is 2.57. The molecule has 3 aromatic rings. The fraction of sp³-hybridized carbons (Fsp3) is 0.0588. The first-order chi connectivity index (χ1) is 11.6. The zero-order chi connectivity index (χ0) is 16.9. The number of carbonyl (C=O) groups excluding carboxylic acids is 1. The lowest BCUT2D eigenvalue weighted by atomic mass is 10.2. The first kappa shape index (κ1) is 16.4. The molecule has 24 heavy (non-hydrogen) atoms. The second-order valence-corrected chi connectivity index (χ2v) is 5.72. The quantitative estimate of drug-likeness (QED) is 0.662. The molecule has 0 aliphatic carbocycles. The number of halogens is 2. The lowest BCUT2D eigenvalue weighted by Gasteiger charge is -2.11. The van der Waals surface area contributed by atoms with Crippen molar-refractivity contribution in [3.63, 3.8) is 0 Å². The van der Waals surface area contributed by atoms with E-state index in [1.807, 2.05) is 24.3 Å². The number of pyridine rings is 1. The zero-order valence-corrected chi connectivity index (χ0v) is 13.9. The predicted molar refractivity (Wildman–Crippen MR) is 95.9 cm³/mol. The number of rotatable bonds is 4. The van der Waals surface area contributed by atoms with Crippen LogP contribution in [-0.4, -0.2) is 17.7 Å². The number of nitrogens with one attached hydrogen (secondary N) is 2. The van der Waals surface area contributed by atoms with E-state index >= 15 is 0 Å². The van der Waals surface area contributed by atoms with Gasteiger partial charge in [-0.3, -0.25) is 4.98 Å². The van der Waals surface area contributed by atoms with Gasteiger partial charge < -0.3 is 15.4 Å². The van der Waals surface area contributed by atoms with Crippen LogP contribution in [0, 0.1) is 0 Å². The summed E-state index contributed by atoms with van der Waals surface area (Å²) in [7, 11) is 0. The molecular formula is C17H13Cl2N3O2. The van der Waals surface area contributed by atoms with E-state index < -0.39 is 6.03 Å². The minimum absolute atomic E-state index is 0.0363. The maximum Gasteiger partial charge on any atom is 0.321 e. The first-order valence-corrected chi connectivity index (χ1v) is 7.85. The van der Waals surface area contributed by atoms with Crippen LogP contribution in [0.15, 0.2) is 54.7 Å². The third-order valence-corrected chi connectivity index (χ3v) is 3.77. The highest BCUT2D eigenvalue weighted by Gasteiger charge is 2.07. The number of benzene rings is 2. The van der Waals surface area contributed by atoms with Crippen LogP contribution >= 0.6 is 23.2 Å². The number of aromatic nitrogens is 1. The van der Waals surface area contributed by atoms with Crippen molar-refractivity contribution >= 4 is 45.8 Å². The van der Waals surface area contributed by atoms with Crippen molar-refractivity contribution in [3.05, 3.63) is 64.8 Å². The summed E-state index contributed by atoms with van der Waals surface area (Å²) < 4.78 is 5.41. The van der Waals surface area contributed by atoms with Gasteiger partial charge in [-0.1, -0.05) is 41.4 Å². The van der Waals surface area contributed by atoms with E-state index in [1.54, 1.807) is 30.5 Å². The van der Waals surface area contributed by atoms with Crippen LogP contribution in [-0.2, 0) is 0 Å². The molecule has 0 saturated carbocycles. The van der Waals surface area contributed by atoms with Crippen LogP contribution < -0.4 is 15.4 Å². The number of nitrogens with zero attached hydrogens (tertiary/aromatic N) is 1. The molecule has 0 radical (unpaired) electrons. The van der Waals surface area contributed by atoms with Crippen molar-refractivity contribution in [1.29, 1.82) is 0 Å². The number of para-hydroxylation sites is 1. The highest BCUT2D eigenvalue weighted by molar-refractivity contribution is 6.35. The van der Waals surface area contributed by atoms with Crippen molar-refractivity contribution in [2.75, 3.05) is 12.0 Å². The Kier molecular flexibility index (Phi) is 5.03. The molecule has 1 aromatic heterocycles. The Morgan fingerprint density at radius 1 is 1.12 bits per heavy atom. The van der Waals surface area contributed by atoms with Crippen LogP contribution in [0.5, 0.6) is 5.75 Å². The number of hydrogen-bond donors (Lipinski definition) is 2. The van der Waals surface area contributed by atoms with Crippen molar-refractivity contribution < 1.29 is 9.53 Å². The second-order valence-electron chi connectivity index (χ2n) is 4.88. The largest absolute Gasteiger partial charge is 0.472 e. The Hall–Kier alpha value is -2.50. The molecule has 0 saturated heterocycles. The number of urea groups is 1. The Morgan fingerprint density at radius 3 is 2.79 bits per heavy atom. The number of hydrogen-bond acceptors (Lipinski definition) is 3. The molecule has 122 valence electrons. The molecule has 0 spiro atoms. The summed E-state index contributed by atoms with van der Waals surface area (Å²) in [5.41, 5.74) is 1.34. The minimum Gasteiger partial charge on any atom is -0.472 e. The summed E-state index contributed by atoms with van der Waals surface area (Å²) in [6, 6.07) is 13.8. The molecule has 1 heterocycles. The van der Waals surface area contributed by atoms with Crippen LogP contribution in [0.3, 0.4) is 0 Å². The molecule has 2 N–H and O–H groups in total. The molecule has 0 unspecified atom stereocenters. The second kappa shape index (κ2) is 7.38. The average molecular weight is 362 g/mol. The number of anilines is 1. The molecule has 5 nitrogen and oxygen atoms in total. The molecule has 0 bridgehead atoms. The topological polar surface area (TPSA) is 63.2 Å². The van der Waals surface area contributed by atoms with Crippen molar-refractivity contribution in [1.82, 2.24) is 10.3 Å². The third-order valence-electron chi connectivity index (χ3n) is 3.24. The van der Waals surface area contributed by atoms with Gasteiger partial charge in [-0.15, -0.1) is 0 Å². The summed E-state index contributed by atoms with van der Waals surface area (Å²) in [4.78, 5) is 16.3. The van der Waals surface area contributed by atoms with Gasteiger partial charge in [-0.25, -0.2) is 4.79 Å². The molecule has 0 fully saturated rings. The summed E-state index contributed by atoms with van der Waals surface area (Å²) in [6.45, 7) is -0.0363. The summed E-state index contributed by atoms with van der Waals surface area (Å²) in [5, 5.41) is 7.18. The molecule has 0 atom stereocenters. The van der Waals surface area contributed by atoms with Crippen LogP contribution in [0.1, 0.15) is 0 Å². The fourth-order valence-electron chi connectivity index (χ4n) is 2.14. The van der Waals surface area contributed by atoms with E-state index in [0.717, 1.165) is 10.9 Å². The van der Waals surface area contributed by atoms with Gasteiger partial charge in [0.1, 0.15) is 5.75 Å². The van der Waals surface area contributed by atoms with Crippen molar-refractivity contribution in [3.8, 4) is 5.75 Å². The van der Waals surface area contributed by atoms with E-state index in [-0.39, 0.29) is 6.73 Å². The van der Waals surface area contributed by atoms with Gasteiger partial charge in [0, 0.05) is 16.6 Å². The normalized spacial score (nSPS) is 10.4. The highest BCUT2D eigenvalue weighted by Crippen LogP contribution is 2.27. The Morgan fingerprint density at radius 2 is 1.96 bits per heavy atom. The Labute approximate surface area is 148 Å². The smallest absolute Gasteiger partial charge is 0.321 e. The SMILES string of the molecule is O=C(NCOc1ccc(Cl)cc1Cl)Nc1cccc2cccnc12. The maximum absolute atomic E-state index is 12.0. The molecule has 2 amide bonds. The molecular weight excluding hydrogens is 349 g/mol. The standard InChI is InChI=1S/C17H13Cl2N3O2/c18-12-6-7-15(13(19)9-12)24-10-21-17(23)22-14-5-1-3-11-4-2-8-20-16(11)14/h1-9H,10H2,(H2,21,22,23). The number of ether oxygens (including phenoxy) is 1. The first-order valence-electron chi connectivity index (χ1n) is 7.10. The zero-order valence-electron chi connectivity index (χ0n) is 12.4. The highest BCUT2D eigenvalue weighted by atomic mass is 35.5. The minimum atomic E-state index is -0.404. The van der Waals surface area contributed by atoms with Gasteiger partial charge in [0.2, 0.25) is 0 Å². The van der Waals surface area contributed by atoms with Crippen molar-refractivity contribution in [2.24, 2.45) is 0 Å². The number of carbonyl (C=O) groups is 1. The fourth-order valence-corrected chi connectivity index (χ4v) is 2.61. The van der Waals surface area contributed by atoms with Crippen LogP contribution in [0.2, 0.25) is 10.0 Å². The van der Waals surface area contributed by atoms with Gasteiger partial charge >= 0.3 is 6.03 Å². The monoisotopic (exact) mass is 361 g/mol. The van der Waals surface area contributed by atoms with Crippen LogP contribution in [0.4, 0.5) is 10.5 Å². The van der Waals surface area contributed by atoms with Crippen molar-refractivity contribution in [2.45, 2.75) is 0 Å². The Bertz CT molecular complexity index is 881. The van der Waals surface area contributed by atoms with E-state index in [4.69, 9.17) is 27.9 Å². The summed E-state index contributed by atoms with van der Waals surface area (Å²) >= 11 is 11.8. The van der Waals surface area contributed by atoms with E-state index in [1.165, 1.54) is 0 Å². The number of amides is 2. The van der Waals surface area contributed by atoms with Gasteiger partial charge in [0.25, 0.3) is 0 Å². The van der Waals surface area contributed by atoms with Gasteiger partial charge in [0.05, 0.1) is 16.2 Å². The van der Waals surface area contributed by atoms with E-state index in [0.29, 0.717) is 21.5 Å². The van der Waals surface area contributed by atoms with Crippen LogP contribution in [0.25, 0.3) is 10.9 Å². The summed E-state index contributed by atoms with van der Waals surface area (Å²) in [6.07, 6.45) is 1.68. The molecule has 2 aromatic carbocycles. The number of fused-ring (bicyclic) bond motifs is 1. The lowest BCUT2D eigenvalue weighted by Crippen LogP contribution is -2.32. The van der Waals surface area contributed by atoms with Gasteiger partial charge in [-0.05, 0) is 30.3 Å². The van der Waals surface area contributed by atoms with Gasteiger partial charge in [0.15, 0.2) is 6.73 Å². The maximum atomic E-state index is 12.0. The van der Waals surface area contributed by atoms with E-state index in [9.17, 15) is 4.79 Å². The molecule has 0 aliphatic rings. The molecule has 3 rings (SSSR count). The molecule has 0 aliphatic heterocycles. The summed E-state index contributed by atoms with van der Waals surface area (Å²) in [5.74, 6) is 0.438. The lowest BCUT2D eigenvalue weighted by molar-refractivity contribution is 0.235. The predicted octanol–water partition coefficient (Wildman–Crippen LogP) is 4.70. The van der Waals surface area contributed by atoms with E-state index in [2.05, 4.69) is 15.6 Å². The third kappa shape index (κ3) is 3.88. The molecule has 7 heteroatoms.